The Balaban J connectivity index is 1.88. The van der Waals surface area contributed by atoms with E-state index in [1.165, 1.54) is 11.1 Å². The first kappa shape index (κ1) is 16.7. The first-order valence-corrected chi connectivity index (χ1v) is 8.58. The van der Waals surface area contributed by atoms with Crippen molar-refractivity contribution >= 4 is 69.3 Å². The molecule has 0 saturated carbocycles. The average Bonchev–Trinajstić information content (AvgIpc) is 2.55. The molecule has 0 aliphatic carbocycles. The number of carbonyl (C=O) groups is 2. The van der Waals surface area contributed by atoms with Gasteiger partial charge in [0.05, 0.1) is 11.4 Å². The lowest BCUT2D eigenvalue weighted by Crippen LogP contribution is -2.58. The lowest BCUT2D eigenvalue weighted by molar-refractivity contribution is -0.130. The lowest BCUT2D eigenvalue weighted by Gasteiger charge is -2.30. The Morgan fingerprint density at radius 1 is 1.12 bits per heavy atom. The van der Waals surface area contributed by atoms with E-state index < -0.39 is 17.7 Å². The molecule has 1 aliphatic rings. The Bertz CT molecular complexity index is 839. The van der Waals surface area contributed by atoms with Gasteiger partial charge >= 0.3 is 0 Å². The second-order valence-electron chi connectivity index (χ2n) is 5.04. The van der Waals surface area contributed by atoms with Crippen LogP contribution in [0.2, 0.25) is 0 Å². The van der Waals surface area contributed by atoms with Crippen molar-refractivity contribution in [1.29, 1.82) is 0 Å². The molecule has 1 aliphatic heterocycles. The van der Waals surface area contributed by atoms with Crippen molar-refractivity contribution < 1.29 is 9.59 Å². The van der Waals surface area contributed by atoms with Gasteiger partial charge in [0.2, 0.25) is 5.91 Å². The van der Waals surface area contributed by atoms with E-state index in [0.29, 0.717) is 11.4 Å². The van der Waals surface area contributed by atoms with Gasteiger partial charge in [0.1, 0.15) is 0 Å². The molecule has 0 radical (unpaired) electrons. The summed E-state index contributed by atoms with van der Waals surface area (Å²) in [5.74, 6) is -1.90. The summed E-state index contributed by atoms with van der Waals surface area (Å²) in [7, 11) is 0. The molecule has 0 aromatic heterocycles. The molecule has 1 N–H and O–H groups in total. The first-order chi connectivity index (χ1) is 11.6. The highest BCUT2D eigenvalue weighted by atomic mass is 127. The van der Waals surface area contributed by atoms with E-state index >= 15 is 0 Å². The van der Waals surface area contributed by atoms with Crippen molar-refractivity contribution in [2.24, 2.45) is 10.9 Å². The molecule has 24 heavy (non-hydrogen) atoms. The molecule has 2 aromatic rings. The van der Waals surface area contributed by atoms with Gasteiger partial charge < -0.3 is 5.32 Å². The SMILES string of the molecule is O=C1NC(=S)N(c2ccccc2)C(=O)[C@@H]1C=Nc1cccc(I)c1. The maximum atomic E-state index is 12.7. The van der Waals surface area contributed by atoms with Gasteiger partial charge in [0, 0.05) is 9.78 Å². The van der Waals surface area contributed by atoms with Crippen LogP contribution in [-0.2, 0) is 9.59 Å². The number of nitrogens with zero attached hydrogens (tertiary/aromatic N) is 2. The first-order valence-electron chi connectivity index (χ1n) is 7.10. The van der Waals surface area contributed by atoms with E-state index in [1.54, 1.807) is 24.3 Å². The minimum atomic E-state index is -1.02. The molecule has 7 heteroatoms. The maximum absolute atomic E-state index is 12.7. The average molecular weight is 449 g/mol. The van der Waals surface area contributed by atoms with Crippen LogP contribution in [-0.4, -0.2) is 23.1 Å². The summed E-state index contributed by atoms with van der Waals surface area (Å²) < 4.78 is 1.02. The summed E-state index contributed by atoms with van der Waals surface area (Å²) in [5.41, 5.74) is 1.29. The number of amides is 2. The fraction of sp³-hybridized carbons (Fsp3) is 0.0588. The van der Waals surface area contributed by atoms with Crippen LogP contribution in [0.5, 0.6) is 0 Å². The van der Waals surface area contributed by atoms with Crippen LogP contribution >= 0.6 is 34.8 Å². The number of para-hydroxylation sites is 1. The number of carbonyl (C=O) groups excluding carboxylic acids is 2. The third-order valence-electron chi connectivity index (χ3n) is 3.40. The van der Waals surface area contributed by atoms with Gasteiger partial charge in [0.25, 0.3) is 5.91 Å². The van der Waals surface area contributed by atoms with Crippen LogP contribution in [0.3, 0.4) is 0 Å². The minimum Gasteiger partial charge on any atom is -0.301 e. The molecule has 0 bridgehead atoms. The van der Waals surface area contributed by atoms with Crippen LogP contribution in [0.25, 0.3) is 0 Å². The number of halogens is 1. The minimum absolute atomic E-state index is 0.0788. The molecule has 0 spiro atoms. The summed E-state index contributed by atoms with van der Waals surface area (Å²) in [6.07, 6.45) is 1.36. The second-order valence-corrected chi connectivity index (χ2v) is 6.67. The van der Waals surface area contributed by atoms with E-state index in [1.807, 2.05) is 30.3 Å². The quantitative estimate of drug-likeness (QED) is 0.339. The predicted octanol–water partition coefficient (Wildman–Crippen LogP) is 3.06. The van der Waals surface area contributed by atoms with Crippen LogP contribution in [0.4, 0.5) is 11.4 Å². The standard InChI is InChI=1S/C17H12IN3O2S/c18-11-5-4-6-12(9-11)19-10-14-15(22)20-17(24)21(16(14)23)13-7-2-1-3-8-13/h1-10,14H,(H,20,22,24)/t14-/m1/s1. The predicted molar refractivity (Wildman–Crippen MR) is 105 cm³/mol. The monoisotopic (exact) mass is 449 g/mol. The molecule has 120 valence electrons. The Morgan fingerprint density at radius 2 is 1.88 bits per heavy atom. The van der Waals surface area contributed by atoms with Gasteiger partial charge in [-0.25, -0.2) is 0 Å². The van der Waals surface area contributed by atoms with Crippen LogP contribution < -0.4 is 10.2 Å². The summed E-state index contributed by atoms with van der Waals surface area (Å²) in [5, 5.41) is 2.64. The fourth-order valence-electron chi connectivity index (χ4n) is 2.26. The lowest BCUT2D eigenvalue weighted by atomic mass is 10.1. The van der Waals surface area contributed by atoms with Crippen molar-refractivity contribution in [3.63, 3.8) is 0 Å². The van der Waals surface area contributed by atoms with Gasteiger partial charge in [0.15, 0.2) is 11.0 Å². The van der Waals surface area contributed by atoms with Crippen molar-refractivity contribution in [2.75, 3.05) is 4.90 Å². The Hall–Kier alpha value is -2.13. The zero-order valence-corrected chi connectivity index (χ0v) is 15.3. The number of hydrogen-bond acceptors (Lipinski definition) is 4. The Labute approximate surface area is 157 Å². The van der Waals surface area contributed by atoms with Gasteiger partial charge in [-0.1, -0.05) is 24.3 Å². The third kappa shape index (κ3) is 3.51. The third-order valence-corrected chi connectivity index (χ3v) is 4.35. The van der Waals surface area contributed by atoms with E-state index in [2.05, 4.69) is 32.9 Å². The van der Waals surface area contributed by atoms with Crippen LogP contribution in [0.1, 0.15) is 0 Å². The van der Waals surface area contributed by atoms with E-state index in [4.69, 9.17) is 12.2 Å². The molecule has 3 rings (SSSR count). The number of thiocarbonyl (C=S) groups is 1. The molecule has 2 amide bonds. The highest BCUT2D eigenvalue weighted by molar-refractivity contribution is 14.1. The van der Waals surface area contributed by atoms with E-state index in [0.717, 1.165) is 3.57 Å². The topological polar surface area (TPSA) is 61.8 Å². The van der Waals surface area contributed by atoms with Gasteiger partial charge in [-0.2, -0.15) is 0 Å². The fourth-order valence-corrected chi connectivity index (χ4v) is 3.08. The molecular weight excluding hydrogens is 437 g/mol. The number of rotatable bonds is 3. The highest BCUT2D eigenvalue weighted by Gasteiger charge is 2.38. The van der Waals surface area contributed by atoms with E-state index in [9.17, 15) is 9.59 Å². The molecule has 1 fully saturated rings. The van der Waals surface area contributed by atoms with Crippen molar-refractivity contribution in [2.45, 2.75) is 0 Å². The summed E-state index contributed by atoms with van der Waals surface area (Å²) in [6, 6.07) is 16.4. The summed E-state index contributed by atoms with van der Waals surface area (Å²) in [6.45, 7) is 0. The van der Waals surface area contributed by atoms with Gasteiger partial charge in [-0.05, 0) is 65.1 Å². The second kappa shape index (κ2) is 7.18. The molecule has 1 atom stereocenters. The number of nitrogens with one attached hydrogen (secondary N) is 1. The molecule has 1 saturated heterocycles. The highest BCUT2D eigenvalue weighted by Crippen LogP contribution is 2.21. The smallest absolute Gasteiger partial charge is 0.251 e. The number of anilines is 1. The van der Waals surface area contributed by atoms with Gasteiger partial charge in [-0.3, -0.25) is 19.5 Å². The normalized spacial score (nSPS) is 18.1. The largest absolute Gasteiger partial charge is 0.301 e. The Kier molecular flexibility index (Phi) is 5.00. The summed E-state index contributed by atoms with van der Waals surface area (Å²) >= 11 is 7.31. The number of aliphatic imine (C=N–C) groups is 1. The summed E-state index contributed by atoms with van der Waals surface area (Å²) in [4.78, 5) is 30.4. The van der Waals surface area contributed by atoms with Crippen molar-refractivity contribution in [1.82, 2.24) is 5.32 Å². The van der Waals surface area contributed by atoms with Gasteiger partial charge in [-0.15, -0.1) is 0 Å². The zero-order chi connectivity index (χ0) is 17.1. The number of hydrogen-bond donors (Lipinski definition) is 1. The molecule has 1 heterocycles. The van der Waals surface area contributed by atoms with Crippen molar-refractivity contribution in [3.8, 4) is 0 Å². The molecule has 5 nitrogen and oxygen atoms in total. The zero-order valence-electron chi connectivity index (χ0n) is 12.3. The van der Waals surface area contributed by atoms with Crippen LogP contribution in [0.15, 0.2) is 59.6 Å². The van der Waals surface area contributed by atoms with Crippen LogP contribution in [0, 0.1) is 9.49 Å². The van der Waals surface area contributed by atoms with Crippen molar-refractivity contribution in [3.05, 3.63) is 58.2 Å². The molecule has 0 unspecified atom stereocenters. The number of benzene rings is 2. The van der Waals surface area contributed by atoms with E-state index in [-0.39, 0.29) is 5.11 Å². The molecule has 2 aromatic carbocycles. The maximum Gasteiger partial charge on any atom is 0.251 e. The Morgan fingerprint density at radius 3 is 2.58 bits per heavy atom. The molecular formula is C17H12IN3O2S.